The number of likely N-dealkylation sites (tertiary alicyclic amines) is 1. The van der Waals surface area contributed by atoms with Gasteiger partial charge in [-0.1, -0.05) is 44.2 Å². The molecule has 0 bridgehead atoms. The quantitative estimate of drug-likeness (QED) is 0.889. The zero-order valence-corrected chi connectivity index (χ0v) is 13.8. The average molecular weight is 286 g/mol. The molecule has 0 amide bonds. The van der Waals surface area contributed by atoms with Gasteiger partial charge in [-0.25, -0.2) is 0 Å². The van der Waals surface area contributed by atoms with Crippen LogP contribution < -0.4 is 5.32 Å². The molecular weight excluding hydrogens is 256 g/mol. The number of hydrogen-bond acceptors (Lipinski definition) is 2. The highest BCUT2D eigenvalue weighted by atomic mass is 15.2. The molecule has 21 heavy (non-hydrogen) atoms. The van der Waals surface area contributed by atoms with E-state index in [-0.39, 0.29) is 0 Å². The largest absolute Gasteiger partial charge is 0.314 e. The lowest BCUT2D eigenvalue weighted by atomic mass is 9.86. The van der Waals surface area contributed by atoms with E-state index in [1.165, 1.54) is 31.4 Å². The SMILES string of the molecule is CCCNC1CCN(C2CC2c2ccccc2)C(C)C1C. The summed E-state index contributed by atoms with van der Waals surface area (Å²) in [6, 6.07) is 13.3. The van der Waals surface area contributed by atoms with Gasteiger partial charge in [-0.2, -0.15) is 0 Å². The minimum atomic E-state index is 0.701. The molecule has 5 unspecified atom stereocenters. The normalized spacial score (nSPS) is 36.6. The Kier molecular flexibility index (Phi) is 4.66. The van der Waals surface area contributed by atoms with E-state index in [2.05, 4.69) is 61.3 Å². The van der Waals surface area contributed by atoms with Crippen LogP contribution >= 0.6 is 0 Å². The fourth-order valence-electron chi connectivity index (χ4n) is 4.09. The second-order valence-corrected chi connectivity index (χ2v) is 7.01. The monoisotopic (exact) mass is 286 g/mol. The molecule has 1 aliphatic carbocycles. The van der Waals surface area contributed by atoms with Crippen molar-refractivity contribution >= 4 is 0 Å². The third-order valence-electron chi connectivity index (χ3n) is 5.68. The third kappa shape index (κ3) is 3.17. The van der Waals surface area contributed by atoms with E-state index >= 15 is 0 Å². The molecule has 5 atom stereocenters. The maximum atomic E-state index is 3.75. The fourth-order valence-corrected chi connectivity index (χ4v) is 4.09. The Morgan fingerprint density at radius 1 is 1.19 bits per heavy atom. The summed E-state index contributed by atoms with van der Waals surface area (Å²) >= 11 is 0. The molecule has 0 aromatic heterocycles. The Bertz CT molecular complexity index is 444. The molecule has 0 radical (unpaired) electrons. The van der Waals surface area contributed by atoms with Crippen molar-refractivity contribution in [3.63, 3.8) is 0 Å². The van der Waals surface area contributed by atoms with Crippen LogP contribution in [0.1, 0.15) is 51.5 Å². The van der Waals surface area contributed by atoms with Gasteiger partial charge >= 0.3 is 0 Å². The lowest BCUT2D eigenvalue weighted by Gasteiger charge is -2.43. The van der Waals surface area contributed by atoms with E-state index in [1.807, 2.05) is 0 Å². The second-order valence-electron chi connectivity index (χ2n) is 7.01. The van der Waals surface area contributed by atoms with E-state index in [0.29, 0.717) is 12.1 Å². The summed E-state index contributed by atoms with van der Waals surface area (Å²) in [6.07, 6.45) is 3.90. The van der Waals surface area contributed by atoms with Crippen molar-refractivity contribution in [1.82, 2.24) is 10.2 Å². The minimum Gasteiger partial charge on any atom is -0.314 e. The highest BCUT2D eigenvalue weighted by Gasteiger charge is 2.47. The molecule has 1 aliphatic heterocycles. The Morgan fingerprint density at radius 3 is 2.67 bits per heavy atom. The first-order valence-electron chi connectivity index (χ1n) is 8.76. The number of nitrogens with one attached hydrogen (secondary N) is 1. The van der Waals surface area contributed by atoms with E-state index in [0.717, 1.165) is 24.4 Å². The van der Waals surface area contributed by atoms with Gasteiger partial charge in [0, 0.05) is 30.6 Å². The van der Waals surface area contributed by atoms with Gasteiger partial charge in [0.15, 0.2) is 0 Å². The number of benzene rings is 1. The summed E-state index contributed by atoms with van der Waals surface area (Å²) in [5.74, 6) is 1.53. The van der Waals surface area contributed by atoms with Crippen molar-refractivity contribution in [2.45, 2.75) is 64.1 Å². The molecule has 0 spiro atoms. The lowest BCUT2D eigenvalue weighted by Crippen LogP contribution is -2.54. The van der Waals surface area contributed by atoms with Gasteiger partial charge in [0.05, 0.1) is 0 Å². The van der Waals surface area contributed by atoms with Crippen molar-refractivity contribution in [2.75, 3.05) is 13.1 Å². The fraction of sp³-hybridized carbons (Fsp3) is 0.684. The number of piperidine rings is 1. The molecule has 1 heterocycles. The van der Waals surface area contributed by atoms with Gasteiger partial charge in [0.25, 0.3) is 0 Å². The topological polar surface area (TPSA) is 15.3 Å². The Labute approximate surface area is 129 Å². The zero-order valence-electron chi connectivity index (χ0n) is 13.8. The zero-order chi connectivity index (χ0) is 14.8. The maximum absolute atomic E-state index is 3.75. The maximum Gasteiger partial charge on any atom is 0.0174 e. The highest BCUT2D eigenvalue weighted by molar-refractivity contribution is 5.28. The van der Waals surface area contributed by atoms with E-state index in [1.54, 1.807) is 0 Å². The Balaban J connectivity index is 1.59. The first kappa shape index (κ1) is 15.1. The third-order valence-corrected chi connectivity index (χ3v) is 5.68. The molecule has 1 aromatic carbocycles. The van der Waals surface area contributed by atoms with Crippen molar-refractivity contribution in [1.29, 1.82) is 0 Å². The van der Waals surface area contributed by atoms with Crippen molar-refractivity contribution < 1.29 is 0 Å². The molecule has 2 aliphatic rings. The Morgan fingerprint density at radius 2 is 1.95 bits per heavy atom. The molecule has 2 nitrogen and oxygen atoms in total. The van der Waals surface area contributed by atoms with Crippen LogP contribution in [0.15, 0.2) is 30.3 Å². The molecule has 1 N–H and O–H groups in total. The summed E-state index contributed by atoms with van der Waals surface area (Å²) in [5.41, 5.74) is 1.54. The molecule has 116 valence electrons. The van der Waals surface area contributed by atoms with Crippen LogP contribution in [0.4, 0.5) is 0 Å². The van der Waals surface area contributed by atoms with Gasteiger partial charge in [-0.3, -0.25) is 4.90 Å². The summed E-state index contributed by atoms with van der Waals surface area (Å²) in [4.78, 5) is 2.78. The minimum absolute atomic E-state index is 0.701. The van der Waals surface area contributed by atoms with Gasteiger partial charge < -0.3 is 5.32 Å². The van der Waals surface area contributed by atoms with E-state index < -0.39 is 0 Å². The summed E-state index contributed by atoms with van der Waals surface area (Å²) in [6.45, 7) is 9.55. The Hall–Kier alpha value is -0.860. The number of hydrogen-bond donors (Lipinski definition) is 1. The van der Waals surface area contributed by atoms with E-state index in [9.17, 15) is 0 Å². The molecule has 2 heteroatoms. The molecule has 1 saturated carbocycles. The van der Waals surface area contributed by atoms with Gasteiger partial charge in [-0.05, 0) is 44.2 Å². The van der Waals surface area contributed by atoms with Gasteiger partial charge in [-0.15, -0.1) is 0 Å². The van der Waals surface area contributed by atoms with Crippen LogP contribution in [0.5, 0.6) is 0 Å². The van der Waals surface area contributed by atoms with Crippen LogP contribution in [-0.2, 0) is 0 Å². The van der Waals surface area contributed by atoms with Crippen molar-refractivity contribution in [3.8, 4) is 0 Å². The number of nitrogens with zero attached hydrogens (tertiary/aromatic N) is 1. The first-order chi connectivity index (χ1) is 10.2. The smallest absolute Gasteiger partial charge is 0.0174 e. The van der Waals surface area contributed by atoms with Gasteiger partial charge in [0.2, 0.25) is 0 Å². The van der Waals surface area contributed by atoms with E-state index in [4.69, 9.17) is 0 Å². The predicted octanol–water partition coefficient (Wildman–Crippen LogP) is 3.64. The van der Waals surface area contributed by atoms with Crippen molar-refractivity contribution in [3.05, 3.63) is 35.9 Å². The predicted molar refractivity (Wildman–Crippen MR) is 89.6 cm³/mol. The van der Waals surface area contributed by atoms with Crippen LogP contribution in [-0.4, -0.2) is 36.1 Å². The standard InChI is InChI=1S/C19H30N2/c1-4-11-20-18-10-12-21(15(3)14(18)2)19-13-17(19)16-8-6-5-7-9-16/h5-9,14-15,17-20H,4,10-13H2,1-3H3. The van der Waals surface area contributed by atoms with Crippen molar-refractivity contribution in [2.24, 2.45) is 5.92 Å². The van der Waals surface area contributed by atoms with Crippen LogP contribution in [0.2, 0.25) is 0 Å². The van der Waals surface area contributed by atoms with Crippen LogP contribution in [0.25, 0.3) is 0 Å². The summed E-state index contributed by atoms with van der Waals surface area (Å²) in [5, 5.41) is 3.75. The lowest BCUT2D eigenvalue weighted by molar-refractivity contribution is 0.0763. The van der Waals surface area contributed by atoms with Gasteiger partial charge in [0.1, 0.15) is 0 Å². The summed E-state index contributed by atoms with van der Waals surface area (Å²) in [7, 11) is 0. The second kappa shape index (κ2) is 6.50. The molecular formula is C19H30N2. The molecule has 3 rings (SSSR count). The average Bonchev–Trinajstić information content (AvgIpc) is 3.30. The number of rotatable bonds is 5. The van der Waals surface area contributed by atoms with Crippen LogP contribution in [0.3, 0.4) is 0 Å². The van der Waals surface area contributed by atoms with Crippen LogP contribution in [0, 0.1) is 5.92 Å². The highest BCUT2D eigenvalue weighted by Crippen LogP contribution is 2.47. The summed E-state index contributed by atoms with van der Waals surface area (Å²) < 4.78 is 0. The molecule has 1 aromatic rings. The molecule has 1 saturated heterocycles. The molecule has 2 fully saturated rings. The first-order valence-corrected chi connectivity index (χ1v) is 8.76.